The molecule has 1 amide bonds. The predicted octanol–water partition coefficient (Wildman–Crippen LogP) is 3.20. The molecule has 0 unspecified atom stereocenters. The van der Waals surface area contributed by atoms with Crippen molar-refractivity contribution in [3.8, 4) is 0 Å². The van der Waals surface area contributed by atoms with E-state index in [0.29, 0.717) is 17.3 Å². The van der Waals surface area contributed by atoms with Crippen LogP contribution in [0.5, 0.6) is 0 Å². The number of hydrogen-bond acceptors (Lipinski definition) is 3. The van der Waals surface area contributed by atoms with Gasteiger partial charge in [0.2, 0.25) is 0 Å². The lowest BCUT2D eigenvalue weighted by atomic mass is 9.87. The zero-order valence-electron chi connectivity index (χ0n) is 12.5. The Morgan fingerprint density at radius 2 is 2.09 bits per heavy atom. The van der Waals surface area contributed by atoms with Crippen LogP contribution in [-0.4, -0.2) is 21.2 Å². The van der Waals surface area contributed by atoms with Crippen LogP contribution in [0.3, 0.4) is 0 Å². The predicted molar refractivity (Wildman–Crippen MR) is 84.7 cm³/mol. The van der Waals surface area contributed by atoms with Gasteiger partial charge in [-0.15, -0.1) is 0 Å². The number of amides is 1. The van der Waals surface area contributed by atoms with Gasteiger partial charge >= 0.3 is 0 Å². The van der Waals surface area contributed by atoms with Gasteiger partial charge in [0, 0.05) is 17.3 Å². The minimum Gasteiger partial charge on any atom is -0.392 e. The summed E-state index contributed by atoms with van der Waals surface area (Å²) in [4.78, 5) is 12.3. The van der Waals surface area contributed by atoms with E-state index in [9.17, 15) is 4.79 Å². The monoisotopic (exact) mass is 299 g/mol. The van der Waals surface area contributed by atoms with Gasteiger partial charge in [0.05, 0.1) is 6.61 Å². The van der Waals surface area contributed by atoms with Crippen LogP contribution in [0.4, 0.5) is 5.69 Å². The summed E-state index contributed by atoms with van der Waals surface area (Å²) in [6.45, 7) is -0.0437. The third-order valence-corrected chi connectivity index (χ3v) is 4.24. The quantitative estimate of drug-likeness (QED) is 0.811. The first-order valence-corrected chi connectivity index (χ1v) is 7.83. The summed E-state index contributed by atoms with van der Waals surface area (Å²) < 4.78 is 0. The molecule has 3 N–H and O–H groups in total. The number of nitrogens with one attached hydrogen (secondary N) is 2. The van der Waals surface area contributed by atoms with Gasteiger partial charge in [-0.2, -0.15) is 5.10 Å². The first kappa shape index (κ1) is 14.8. The molecule has 0 radical (unpaired) electrons. The van der Waals surface area contributed by atoms with E-state index in [1.54, 1.807) is 18.2 Å². The zero-order chi connectivity index (χ0) is 15.4. The maximum atomic E-state index is 12.3. The molecular formula is C17H21N3O2. The number of aliphatic hydroxyl groups is 1. The molecule has 0 aliphatic heterocycles. The molecule has 1 saturated carbocycles. The Morgan fingerprint density at radius 1 is 1.27 bits per heavy atom. The van der Waals surface area contributed by atoms with E-state index >= 15 is 0 Å². The van der Waals surface area contributed by atoms with Crippen LogP contribution in [0.1, 0.15) is 59.8 Å². The van der Waals surface area contributed by atoms with Crippen molar-refractivity contribution in [1.82, 2.24) is 10.2 Å². The van der Waals surface area contributed by atoms with E-state index in [0.717, 1.165) is 11.3 Å². The van der Waals surface area contributed by atoms with Gasteiger partial charge in [0.1, 0.15) is 0 Å². The molecular weight excluding hydrogens is 278 g/mol. The number of aliphatic hydroxyl groups excluding tert-OH is 1. The third-order valence-electron chi connectivity index (χ3n) is 4.24. The molecule has 116 valence electrons. The molecule has 0 bridgehead atoms. The summed E-state index contributed by atoms with van der Waals surface area (Å²) in [5, 5.41) is 19.1. The minimum absolute atomic E-state index is 0.0437. The smallest absolute Gasteiger partial charge is 0.276 e. The number of aromatic amines is 1. The van der Waals surface area contributed by atoms with E-state index in [1.807, 2.05) is 12.1 Å². The van der Waals surface area contributed by atoms with Crippen molar-refractivity contribution >= 4 is 11.6 Å². The largest absolute Gasteiger partial charge is 0.392 e. The first-order valence-electron chi connectivity index (χ1n) is 7.83. The summed E-state index contributed by atoms with van der Waals surface area (Å²) in [5.41, 5.74) is 2.91. The number of H-pyrrole nitrogens is 1. The van der Waals surface area contributed by atoms with Crippen molar-refractivity contribution in [2.75, 3.05) is 5.32 Å². The number of aromatic nitrogens is 2. The van der Waals surface area contributed by atoms with E-state index < -0.39 is 0 Å². The maximum Gasteiger partial charge on any atom is 0.276 e. The average Bonchev–Trinajstić information content (AvgIpc) is 3.06. The Labute approximate surface area is 129 Å². The fourth-order valence-electron chi connectivity index (χ4n) is 3.02. The lowest BCUT2D eigenvalue weighted by Gasteiger charge is -2.19. The number of anilines is 1. The number of carbonyl (C=O) groups is 1. The Balaban J connectivity index is 1.68. The molecule has 3 rings (SSSR count). The molecule has 0 atom stereocenters. The minimum atomic E-state index is -0.228. The van der Waals surface area contributed by atoms with Crippen LogP contribution in [0.15, 0.2) is 30.3 Å². The molecule has 5 heteroatoms. The highest BCUT2D eigenvalue weighted by molar-refractivity contribution is 6.02. The van der Waals surface area contributed by atoms with Crippen LogP contribution in [0, 0.1) is 0 Å². The van der Waals surface area contributed by atoms with Crippen molar-refractivity contribution in [3.05, 3.63) is 47.3 Å². The lowest BCUT2D eigenvalue weighted by molar-refractivity contribution is 0.102. The highest BCUT2D eigenvalue weighted by atomic mass is 16.3. The molecule has 2 aromatic rings. The summed E-state index contributed by atoms with van der Waals surface area (Å²) in [5.74, 6) is 0.272. The van der Waals surface area contributed by atoms with E-state index in [-0.39, 0.29) is 12.5 Å². The zero-order valence-corrected chi connectivity index (χ0v) is 12.5. The summed E-state index contributed by atoms with van der Waals surface area (Å²) in [7, 11) is 0. The van der Waals surface area contributed by atoms with Gasteiger partial charge in [-0.25, -0.2) is 0 Å². The van der Waals surface area contributed by atoms with Crippen LogP contribution in [0.25, 0.3) is 0 Å². The fraction of sp³-hybridized carbons (Fsp3) is 0.412. The number of carbonyl (C=O) groups excluding carboxylic acids is 1. The van der Waals surface area contributed by atoms with E-state index in [4.69, 9.17) is 5.11 Å². The van der Waals surface area contributed by atoms with Crippen LogP contribution in [-0.2, 0) is 6.61 Å². The molecule has 5 nitrogen and oxygen atoms in total. The van der Waals surface area contributed by atoms with Gasteiger partial charge in [-0.05, 0) is 36.6 Å². The highest BCUT2D eigenvalue weighted by Gasteiger charge is 2.19. The van der Waals surface area contributed by atoms with Gasteiger partial charge in [0.25, 0.3) is 5.91 Å². The molecule has 1 fully saturated rings. The summed E-state index contributed by atoms with van der Waals surface area (Å²) >= 11 is 0. The lowest BCUT2D eigenvalue weighted by Crippen LogP contribution is -2.12. The van der Waals surface area contributed by atoms with Crippen molar-refractivity contribution < 1.29 is 9.90 Å². The number of rotatable bonds is 4. The molecule has 1 aromatic carbocycles. The van der Waals surface area contributed by atoms with E-state index in [2.05, 4.69) is 15.5 Å². The van der Waals surface area contributed by atoms with Gasteiger partial charge < -0.3 is 10.4 Å². The van der Waals surface area contributed by atoms with Crippen molar-refractivity contribution in [2.24, 2.45) is 0 Å². The number of benzene rings is 1. The SMILES string of the molecule is O=C(Nc1cccc(CO)c1)c1cc(C2CCCCC2)[nH]n1. The second-order valence-electron chi connectivity index (χ2n) is 5.86. The molecule has 1 heterocycles. The fourth-order valence-corrected chi connectivity index (χ4v) is 3.02. The summed E-state index contributed by atoms with van der Waals surface area (Å²) in [6, 6.07) is 9.03. The van der Waals surface area contributed by atoms with Gasteiger partial charge in [-0.3, -0.25) is 9.89 Å². The summed E-state index contributed by atoms with van der Waals surface area (Å²) in [6.07, 6.45) is 6.14. The van der Waals surface area contributed by atoms with Crippen LogP contribution >= 0.6 is 0 Å². The van der Waals surface area contributed by atoms with Gasteiger partial charge in [0.15, 0.2) is 5.69 Å². The standard InChI is InChI=1S/C17H21N3O2/c21-11-12-5-4-8-14(9-12)18-17(22)16-10-15(19-20-16)13-6-2-1-3-7-13/h4-5,8-10,13,21H,1-3,6-7,11H2,(H,18,22)(H,19,20). The number of nitrogens with zero attached hydrogens (tertiary/aromatic N) is 1. The highest BCUT2D eigenvalue weighted by Crippen LogP contribution is 2.31. The Morgan fingerprint density at radius 3 is 2.86 bits per heavy atom. The second kappa shape index (κ2) is 6.75. The Bertz CT molecular complexity index is 645. The molecule has 1 aromatic heterocycles. The Kier molecular flexibility index (Phi) is 4.53. The van der Waals surface area contributed by atoms with Crippen molar-refractivity contribution in [3.63, 3.8) is 0 Å². The van der Waals surface area contributed by atoms with Crippen molar-refractivity contribution in [1.29, 1.82) is 0 Å². The number of hydrogen-bond donors (Lipinski definition) is 3. The first-order chi connectivity index (χ1) is 10.8. The molecule has 0 spiro atoms. The van der Waals surface area contributed by atoms with Crippen molar-refractivity contribution in [2.45, 2.75) is 44.6 Å². The molecule has 1 aliphatic carbocycles. The van der Waals surface area contributed by atoms with Gasteiger partial charge in [-0.1, -0.05) is 31.4 Å². The van der Waals surface area contributed by atoms with Crippen LogP contribution in [0.2, 0.25) is 0 Å². The topological polar surface area (TPSA) is 78.0 Å². The van der Waals surface area contributed by atoms with Crippen LogP contribution < -0.4 is 5.32 Å². The second-order valence-corrected chi connectivity index (χ2v) is 5.86. The molecule has 22 heavy (non-hydrogen) atoms. The molecule has 1 aliphatic rings. The normalized spacial score (nSPS) is 15.7. The maximum absolute atomic E-state index is 12.3. The molecule has 0 saturated heterocycles. The average molecular weight is 299 g/mol. The third kappa shape index (κ3) is 3.36. The Hall–Kier alpha value is -2.14. The van der Waals surface area contributed by atoms with E-state index in [1.165, 1.54) is 32.1 Å².